The van der Waals surface area contributed by atoms with Gasteiger partial charge in [0.1, 0.15) is 0 Å². The zero-order valence-corrected chi connectivity index (χ0v) is 13.6. The van der Waals surface area contributed by atoms with E-state index in [1.807, 2.05) is 0 Å². The van der Waals surface area contributed by atoms with E-state index in [2.05, 4.69) is 0 Å². The number of hydrogen-bond acceptors (Lipinski definition) is 4. The number of carboxylic acid groups (broad SMARTS) is 1. The number of aliphatic hydroxyl groups excluding tert-OH is 1. The van der Waals surface area contributed by atoms with Crippen LogP contribution in [0.1, 0.15) is 48.6 Å². The minimum absolute atomic E-state index is 0.0398. The molecule has 0 atom stereocenters. The van der Waals surface area contributed by atoms with E-state index in [9.17, 15) is 19.5 Å². The molecule has 0 radical (unpaired) electrons. The second-order valence-electron chi connectivity index (χ2n) is 5.63. The molecule has 0 aliphatic carbocycles. The molecule has 0 saturated carbocycles. The van der Waals surface area contributed by atoms with E-state index in [0.717, 1.165) is 5.56 Å². The van der Waals surface area contributed by atoms with Crippen molar-refractivity contribution in [1.29, 1.82) is 0 Å². The Labute approximate surface area is 144 Å². The van der Waals surface area contributed by atoms with Crippen molar-refractivity contribution in [2.45, 2.75) is 19.3 Å². The second kappa shape index (κ2) is 8.21. The molecule has 25 heavy (non-hydrogen) atoms. The monoisotopic (exact) mass is 341 g/mol. The van der Waals surface area contributed by atoms with Gasteiger partial charge in [-0.1, -0.05) is 30.3 Å². The normalized spacial score (nSPS) is 10.4. The molecule has 2 rings (SSSR count). The summed E-state index contributed by atoms with van der Waals surface area (Å²) in [5, 5.41) is 18.1. The number of hydrogen-bond donors (Lipinski definition) is 3. The van der Waals surface area contributed by atoms with Crippen LogP contribution in [0.4, 0.5) is 0 Å². The van der Waals surface area contributed by atoms with Crippen LogP contribution >= 0.6 is 0 Å². The van der Waals surface area contributed by atoms with Gasteiger partial charge in [0.25, 0.3) is 0 Å². The number of carboxylic acids is 1. The molecule has 0 aromatic heterocycles. The number of ketones is 1. The summed E-state index contributed by atoms with van der Waals surface area (Å²) in [6.07, 6.45) is 1.03. The topological polar surface area (TPSA) is 118 Å². The number of carbonyl (C=O) groups excluding carboxylic acids is 2. The molecule has 0 spiro atoms. The quantitative estimate of drug-likeness (QED) is 0.633. The fourth-order valence-corrected chi connectivity index (χ4v) is 2.63. The Bertz CT molecular complexity index is 813. The van der Waals surface area contributed by atoms with Crippen LogP contribution in [-0.2, 0) is 12.8 Å². The van der Waals surface area contributed by atoms with Gasteiger partial charge in [0.15, 0.2) is 5.78 Å². The molecule has 0 heterocycles. The van der Waals surface area contributed by atoms with Crippen LogP contribution in [0.2, 0.25) is 0 Å². The lowest BCUT2D eigenvalue weighted by molar-refractivity contribution is 0.0691. The smallest absolute Gasteiger partial charge is 0.336 e. The molecule has 0 unspecified atom stereocenters. The lowest BCUT2D eigenvalue weighted by Crippen LogP contribution is -2.17. The van der Waals surface area contributed by atoms with Crippen LogP contribution in [-0.4, -0.2) is 34.5 Å². The minimum atomic E-state index is -1.18. The van der Waals surface area contributed by atoms with Crippen LogP contribution in [0, 0.1) is 0 Å². The predicted molar refractivity (Wildman–Crippen MR) is 91.8 cm³/mol. The fourth-order valence-electron chi connectivity index (χ4n) is 2.63. The summed E-state index contributed by atoms with van der Waals surface area (Å²) < 4.78 is 0. The number of benzene rings is 2. The van der Waals surface area contributed by atoms with E-state index in [-0.39, 0.29) is 29.7 Å². The fraction of sp³-hybridized carbons (Fsp3) is 0.211. The van der Waals surface area contributed by atoms with Gasteiger partial charge in [-0.05, 0) is 36.1 Å². The highest BCUT2D eigenvalue weighted by molar-refractivity contribution is 6.07. The highest BCUT2D eigenvalue weighted by Gasteiger charge is 2.18. The first-order valence-corrected chi connectivity index (χ1v) is 7.82. The third-order valence-corrected chi connectivity index (χ3v) is 3.87. The average molecular weight is 341 g/mol. The van der Waals surface area contributed by atoms with Crippen molar-refractivity contribution in [2.75, 3.05) is 6.61 Å². The number of rotatable bonds is 8. The van der Waals surface area contributed by atoms with E-state index < -0.39 is 17.7 Å². The summed E-state index contributed by atoms with van der Waals surface area (Å²) in [7, 11) is 0. The number of Topliss-reactive ketones (excluding diaryl/α,β-unsaturated/α-hetero) is 1. The molecule has 130 valence electrons. The molecule has 2 aromatic carbocycles. The van der Waals surface area contributed by atoms with Gasteiger partial charge in [0.05, 0.1) is 5.56 Å². The van der Waals surface area contributed by atoms with Gasteiger partial charge in [-0.15, -0.1) is 0 Å². The first kappa shape index (κ1) is 18.4. The molecular weight excluding hydrogens is 322 g/mol. The van der Waals surface area contributed by atoms with Gasteiger partial charge in [-0.25, -0.2) is 4.79 Å². The Kier molecular flexibility index (Phi) is 6.03. The summed E-state index contributed by atoms with van der Waals surface area (Å²) in [6.45, 7) is 0.0398. The van der Waals surface area contributed by atoms with Crippen molar-refractivity contribution in [1.82, 2.24) is 0 Å². The Hall–Kier alpha value is -2.99. The van der Waals surface area contributed by atoms with E-state index in [0.29, 0.717) is 18.4 Å². The van der Waals surface area contributed by atoms with Gasteiger partial charge in [-0.2, -0.15) is 0 Å². The molecule has 4 N–H and O–H groups in total. The van der Waals surface area contributed by atoms with Crippen molar-refractivity contribution < 1.29 is 24.6 Å². The zero-order chi connectivity index (χ0) is 18.4. The SMILES string of the molecule is NC(=O)c1cc(CCCO)ccc1CC(=O)c1ccccc1C(=O)O. The van der Waals surface area contributed by atoms with E-state index in [1.165, 1.54) is 12.1 Å². The summed E-state index contributed by atoms with van der Waals surface area (Å²) in [5.41, 5.74) is 6.95. The maximum Gasteiger partial charge on any atom is 0.336 e. The number of aryl methyl sites for hydroxylation is 1. The molecule has 0 aliphatic heterocycles. The summed E-state index contributed by atoms with van der Waals surface area (Å²) in [5.74, 6) is -2.23. The molecular formula is C19H19NO5. The maximum atomic E-state index is 12.5. The maximum absolute atomic E-state index is 12.5. The van der Waals surface area contributed by atoms with Crippen molar-refractivity contribution in [3.05, 3.63) is 70.3 Å². The summed E-state index contributed by atoms with van der Waals surface area (Å²) >= 11 is 0. The summed E-state index contributed by atoms with van der Waals surface area (Å²) in [6, 6.07) is 11.0. The molecule has 2 aromatic rings. The van der Waals surface area contributed by atoms with Crippen LogP contribution < -0.4 is 5.73 Å². The number of amides is 1. The molecule has 0 aliphatic rings. The molecule has 0 fully saturated rings. The number of aliphatic hydroxyl groups is 1. The van der Waals surface area contributed by atoms with Gasteiger partial charge in [0.2, 0.25) is 5.91 Å². The Morgan fingerprint density at radius 3 is 2.24 bits per heavy atom. The molecule has 6 heteroatoms. The number of primary amides is 1. The first-order chi connectivity index (χ1) is 11.9. The zero-order valence-electron chi connectivity index (χ0n) is 13.6. The Balaban J connectivity index is 2.32. The molecule has 6 nitrogen and oxygen atoms in total. The highest BCUT2D eigenvalue weighted by atomic mass is 16.4. The molecule has 0 saturated heterocycles. The van der Waals surface area contributed by atoms with Crippen molar-refractivity contribution >= 4 is 17.7 Å². The average Bonchev–Trinajstić information content (AvgIpc) is 2.60. The van der Waals surface area contributed by atoms with Gasteiger partial charge < -0.3 is 15.9 Å². The minimum Gasteiger partial charge on any atom is -0.478 e. The van der Waals surface area contributed by atoms with Crippen LogP contribution in [0.3, 0.4) is 0 Å². The number of nitrogens with two attached hydrogens (primary N) is 1. The van der Waals surface area contributed by atoms with Gasteiger partial charge in [0, 0.05) is 24.2 Å². The lowest BCUT2D eigenvalue weighted by atomic mass is 9.94. The predicted octanol–water partition coefficient (Wildman–Crippen LogP) is 1.83. The van der Waals surface area contributed by atoms with Crippen molar-refractivity contribution in [3.63, 3.8) is 0 Å². The van der Waals surface area contributed by atoms with E-state index >= 15 is 0 Å². The second-order valence-corrected chi connectivity index (χ2v) is 5.63. The largest absolute Gasteiger partial charge is 0.478 e. The van der Waals surface area contributed by atoms with E-state index in [1.54, 1.807) is 30.3 Å². The van der Waals surface area contributed by atoms with E-state index in [4.69, 9.17) is 10.8 Å². The van der Waals surface area contributed by atoms with Crippen molar-refractivity contribution in [2.24, 2.45) is 5.73 Å². The standard InChI is InChI=1S/C19H19NO5/c20-18(23)16-10-12(4-3-9-21)7-8-13(16)11-17(22)14-5-1-2-6-15(14)19(24)25/h1-2,5-8,10,21H,3-4,9,11H2,(H2,20,23)(H,24,25). The lowest BCUT2D eigenvalue weighted by Gasteiger charge is -2.10. The van der Waals surface area contributed by atoms with Gasteiger partial charge in [-0.3, -0.25) is 9.59 Å². The van der Waals surface area contributed by atoms with Crippen LogP contribution in [0.5, 0.6) is 0 Å². The van der Waals surface area contributed by atoms with Gasteiger partial charge >= 0.3 is 5.97 Å². The first-order valence-electron chi connectivity index (χ1n) is 7.82. The number of carbonyl (C=O) groups is 3. The third-order valence-electron chi connectivity index (χ3n) is 3.87. The van der Waals surface area contributed by atoms with Crippen LogP contribution in [0.15, 0.2) is 42.5 Å². The molecule has 1 amide bonds. The van der Waals surface area contributed by atoms with Crippen LogP contribution in [0.25, 0.3) is 0 Å². The molecule has 0 bridgehead atoms. The third kappa shape index (κ3) is 4.51. The summed E-state index contributed by atoms with van der Waals surface area (Å²) in [4.78, 5) is 35.5. The number of aromatic carboxylic acids is 1. The Morgan fingerprint density at radius 2 is 1.64 bits per heavy atom. The van der Waals surface area contributed by atoms with Crippen molar-refractivity contribution in [3.8, 4) is 0 Å². The highest BCUT2D eigenvalue weighted by Crippen LogP contribution is 2.18. The Morgan fingerprint density at radius 1 is 0.960 bits per heavy atom.